The molecule has 0 saturated carbocycles. The normalized spacial score (nSPS) is 16.1. The Labute approximate surface area is 123 Å². The van der Waals surface area contributed by atoms with Crippen LogP contribution in [0.15, 0.2) is 31.1 Å². The molecule has 1 aliphatic rings. The van der Waals surface area contributed by atoms with Gasteiger partial charge < -0.3 is 9.64 Å². The maximum atomic E-state index is 11.7. The first kappa shape index (κ1) is 15.0. The molecule has 1 amide bonds. The molecule has 0 radical (unpaired) electrons. The Morgan fingerprint density at radius 3 is 2.95 bits per heavy atom. The lowest BCUT2D eigenvalue weighted by Crippen LogP contribution is -2.34. The summed E-state index contributed by atoms with van der Waals surface area (Å²) < 4.78 is 6.27. The second kappa shape index (κ2) is 6.39. The van der Waals surface area contributed by atoms with Crippen molar-refractivity contribution in [1.29, 1.82) is 0 Å². The molecule has 21 heavy (non-hydrogen) atoms. The average Bonchev–Trinajstić information content (AvgIpc) is 3.02. The Morgan fingerprint density at radius 2 is 2.29 bits per heavy atom. The zero-order valence-corrected chi connectivity index (χ0v) is 12.3. The van der Waals surface area contributed by atoms with Crippen LogP contribution in [-0.2, 0) is 14.3 Å². The lowest BCUT2D eigenvalue weighted by molar-refractivity contribution is -0.144. The van der Waals surface area contributed by atoms with Gasteiger partial charge in [0.2, 0.25) is 5.91 Å². The van der Waals surface area contributed by atoms with Crippen molar-refractivity contribution in [2.24, 2.45) is 0 Å². The molecular weight excluding hydrogens is 270 g/mol. The van der Waals surface area contributed by atoms with Gasteiger partial charge in [0.25, 0.3) is 0 Å². The lowest BCUT2D eigenvalue weighted by atomic mass is 10.0. The highest BCUT2D eigenvalue weighted by Gasteiger charge is 2.20. The minimum atomic E-state index is -0.473. The van der Waals surface area contributed by atoms with Gasteiger partial charge in [-0.2, -0.15) is 5.10 Å². The van der Waals surface area contributed by atoms with Gasteiger partial charge in [-0.25, -0.2) is 4.79 Å². The van der Waals surface area contributed by atoms with E-state index in [0.29, 0.717) is 13.1 Å². The molecule has 0 spiro atoms. The zero-order chi connectivity index (χ0) is 15.4. The SMILES string of the molecule is C=CC(=O)N1CCC=C(c2cnn(C(C)C(=O)OC)c2)C1. The van der Waals surface area contributed by atoms with Gasteiger partial charge in [0.1, 0.15) is 6.04 Å². The van der Waals surface area contributed by atoms with E-state index in [1.165, 1.54) is 13.2 Å². The summed E-state index contributed by atoms with van der Waals surface area (Å²) >= 11 is 0. The fraction of sp³-hybridized carbons (Fsp3) is 0.400. The third-order valence-corrected chi connectivity index (χ3v) is 3.55. The molecular formula is C15H19N3O3. The molecule has 112 valence electrons. The van der Waals surface area contributed by atoms with Crippen LogP contribution in [0.3, 0.4) is 0 Å². The van der Waals surface area contributed by atoms with E-state index in [0.717, 1.165) is 17.6 Å². The highest BCUT2D eigenvalue weighted by atomic mass is 16.5. The fourth-order valence-electron chi connectivity index (χ4n) is 2.26. The molecule has 0 bridgehead atoms. The Kier molecular flexibility index (Phi) is 4.57. The summed E-state index contributed by atoms with van der Waals surface area (Å²) in [4.78, 5) is 24.9. The summed E-state index contributed by atoms with van der Waals surface area (Å²) in [6, 6.07) is -0.473. The number of esters is 1. The summed E-state index contributed by atoms with van der Waals surface area (Å²) in [5.41, 5.74) is 1.94. The summed E-state index contributed by atoms with van der Waals surface area (Å²) in [6.07, 6.45) is 7.72. The van der Waals surface area contributed by atoms with Crippen molar-refractivity contribution in [2.45, 2.75) is 19.4 Å². The molecule has 1 aliphatic heterocycles. The smallest absolute Gasteiger partial charge is 0.330 e. The van der Waals surface area contributed by atoms with E-state index in [2.05, 4.69) is 17.8 Å². The summed E-state index contributed by atoms with van der Waals surface area (Å²) in [7, 11) is 1.35. The van der Waals surface area contributed by atoms with Gasteiger partial charge >= 0.3 is 5.97 Å². The molecule has 0 aromatic carbocycles. The summed E-state index contributed by atoms with van der Waals surface area (Å²) in [5, 5.41) is 4.20. The molecule has 2 rings (SSSR count). The third kappa shape index (κ3) is 3.21. The number of hydrogen-bond acceptors (Lipinski definition) is 4. The van der Waals surface area contributed by atoms with Crippen molar-refractivity contribution in [3.8, 4) is 0 Å². The van der Waals surface area contributed by atoms with Gasteiger partial charge in [-0.1, -0.05) is 12.7 Å². The number of rotatable bonds is 4. The minimum absolute atomic E-state index is 0.0732. The van der Waals surface area contributed by atoms with Gasteiger partial charge in [-0.05, 0) is 25.0 Å². The van der Waals surface area contributed by atoms with Crippen molar-refractivity contribution < 1.29 is 14.3 Å². The Balaban J connectivity index is 2.14. The molecule has 1 aromatic heterocycles. The second-order valence-corrected chi connectivity index (χ2v) is 4.89. The maximum Gasteiger partial charge on any atom is 0.330 e. The zero-order valence-electron chi connectivity index (χ0n) is 12.3. The standard InChI is InChI=1S/C15H19N3O3/c1-4-14(19)17-7-5-6-12(9-17)13-8-16-18(10-13)11(2)15(20)21-3/h4,6,8,10-11H,1,5,7,9H2,2-3H3. The number of amides is 1. The van der Waals surface area contributed by atoms with Crippen molar-refractivity contribution in [3.05, 3.63) is 36.7 Å². The quantitative estimate of drug-likeness (QED) is 0.621. The Morgan fingerprint density at radius 1 is 1.52 bits per heavy atom. The largest absolute Gasteiger partial charge is 0.467 e. The van der Waals surface area contributed by atoms with Crippen LogP contribution in [0.5, 0.6) is 0 Å². The Hall–Kier alpha value is -2.37. The predicted molar refractivity (Wildman–Crippen MR) is 78.3 cm³/mol. The van der Waals surface area contributed by atoms with E-state index in [1.54, 1.807) is 28.9 Å². The molecule has 0 fully saturated rings. The molecule has 6 nitrogen and oxygen atoms in total. The highest BCUT2D eigenvalue weighted by molar-refractivity contribution is 5.88. The number of carbonyl (C=O) groups excluding carboxylic acids is 2. The van der Waals surface area contributed by atoms with E-state index in [4.69, 9.17) is 4.74 Å². The molecule has 1 aromatic rings. The van der Waals surface area contributed by atoms with Gasteiger partial charge in [-0.3, -0.25) is 9.48 Å². The lowest BCUT2D eigenvalue weighted by Gasteiger charge is -2.25. The van der Waals surface area contributed by atoms with Crippen molar-refractivity contribution in [1.82, 2.24) is 14.7 Å². The number of hydrogen-bond donors (Lipinski definition) is 0. The molecule has 0 saturated heterocycles. The van der Waals surface area contributed by atoms with Crippen molar-refractivity contribution >= 4 is 17.4 Å². The highest BCUT2D eigenvalue weighted by Crippen LogP contribution is 2.21. The van der Waals surface area contributed by atoms with Crippen LogP contribution in [0.25, 0.3) is 5.57 Å². The van der Waals surface area contributed by atoms with Crippen LogP contribution in [0.1, 0.15) is 24.9 Å². The monoisotopic (exact) mass is 289 g/mol. The number of methoxy groups -OCH3 is 1. The van der Waals surface area contributed by atoms with Gasteiger partial charge in [0.15, 0.2) is 0 Å². The van der Waals surface area contributed by atoms with E-state index in [9.17, 15) is 9.59 Å². The topological polar surface area (TPSA) is 64.4 Å². The number of carbonyl (C=O) groups is 2. The van der Waals surface area contributed by atoms with Crippen LogP contribution in [0.2, 0.25) is 0 Å². The predicted octanol–water partition coefficient (Wildman–Crippen LogP) is 1.42. The Bertz CT molecular complexity index is 589. The first-order valence-electron chi connectivity index (χ1n) is 6.79. The van der Waals surface area contributed by atoms with Crippen LogP contribution in [-0.4, -0.2) is 46.8 Å². The maximum absolute atomic E-state index is 11.7. The van der Waals surface area contributed by atoms with Crippen molar-refractivity contribution in [3.63, 3.8) is 0 Å². The first-order chi connectivity index (χ1) is 10.1. The summed E-state index contributed by atoms with van der Waals surface area (Å²) in [6.45, 7) is 6.47. The van der Waals surface area contributed by atoms with Gasteiger partial charge in [0.05, 0.1) is 13.3 Å². The van der Waals surface area contributed by atoms with Crippen LogP contribution in [0.4, 0.5) is 0 Å². The molecule has 2 heterocycles. The van der Waals surface area contributed by atoms with Gasteiger partial charge in [0, 0.05) is 24.8 Å². The molecule has 1 unspecified atom stereocenters. The van der Waals surface area contributed by atoms with Crippen LogP contribution in [0, 0.1) is 0 Å². The fourth-order valence-corrected chi connectivity index (χ4v) is 2.26. The van der Waals surface area contributed by atoms with Crippen LogP contribution >= 0.6 is 0 Å². The third-order valence-electron chi connectivity index (χ3n) is 3.55. The second-order valence-electron chi connectivity index (χ2n) is 4.89. The molecule has 1 atom stereocenters. The number of nitrogens with zero attached hydrogens (tertiary/aromatic N) is 3. The molecule has 6 heteroatoms. The van der Waals surface area contributed by atoms with Crippen molar-refractivity contribution in [2.75, 3.05) is 20.2 Å². The van der Waals surface area contributed by atoms with E-state index in [1.807, 2.05) is 0 Å². The molecule has 0 aliphatic carbocycles. The minimum Gasteiger partial charge on any atom is -0.467 e. The van der Waals surface area contributed by atoms with E-state index in [-0.39, 0.29) is 11.9 Å². The number of aromatic nitrogens is 2. The van der Waals surface area contributed by atoms with E-state index >= 15 is 0 Å². The van der Waals surface area contributed by atoms with Crippen LogP contribution < -0.4 is 0 Å². The number of ether oxygens (including phenoxy) is 1. The molecule has 0 N–H and O–H groups in total. The van der Waals surface area contributed by atoms with Gasteiger partial charge in [-0.15, -0.1) is 0 Å². The average molecular weight is 289 g/mol. The van der Waals surface area contributed by atoms with E-state index < -0.39 is 6.04 Å². The first-order valence-corrected chi connectivity index (χ1v) is 6.79. The summed E-state index contributed by atoms with van der Waals surface area (Å²) in [5.74, 6) is -0.415.